The highest BCUT2D eigenvalue weighted by molar-refractivity contribution is 5.76. The van der Waals surface area contributed by atoms with Crippen molar-refractivity contribution < 1.29 is 19.4 Å². The molecule has 0 aliphatic carbocycles. The molecule has 67 heavy (non-hydrogen) atoms. The number of amides is 2. The van der Waals surface area contributed by atoms with Crippen molar-refractivity contribution in [3.05, 3.63) is 0 Å². The molecular weight excluding hydrogens is 827 g/mol. The molecule has 2 atom stereocenters. The lowest BCUT2D eigenvalue weighted by atomic mass is 10.1. The third-order valence-electron chi connectivity index (χ3n) is 15.0. The number of ether oxygens (including phenoxy) is 1. The predicted molar refractivity (Wildman–Crippen MR) is 291 cm³/mol. The summed E-state index contributed by atoms with van der Waals surface area (Å²) in [6.45, 7) is 16.1. The Labute approximate surface area is 419 Å². The second-order valence-electron chi connectivity index (χ2n) is 21.4. The molecule has 1 saturated heterocycles. The number of aliphatic hydroxyl groups is 1. The second kappa shape index (κ2) is 49.8. The van der Waals surface area contributed by atoms with Gasteiger partial charge < -0.3 is 19.6 Å². The van der Waals surface area contributed by atoms with Gasteiger partial charge in [-0.2, -0.15) is 0 Å². The predicted octanol–water partition coefficient (Wildman–Crippen LogP) is 16.9. The molecule has 7 heteroatoms. The highest BCUT2D eigenvalue weighted by Crippen LogP contribution is 2.19. The third kappa shape index (κ3) is 39.2. The maximum absolute atomic E-state index is 13.4. The summed E-state index contributed by atoms with van der Waals surface area (Å²) in [6, 6.07) is 0.108. The summed E-state index contributed by atoms with van der Waals surface area (Å²) in [4.78, 5) is 33.9. The van der Waals surface area contributed by atoms with Gasteiger partial charge in [0.05, 0.1) is 25.4 Å². The van der Waals surface area contributed by atoms with Gasteiger partial charge in [0.1, 0.15) is 0 Å². The highest BCUT2D eigenvalue weighted by Gasteiger charge is 2.31. The van der Waals surface area contributed by atoms with Gasteiger partial charge >= 0.3 is 0 Å². The minimum absolute atomic E-state index is 0.108. The Balaban J connectivity index is 2.41. The fourth-order valence-electron chi connectivity index (χ4n) is 10.4. The van der Waals surface area contributed by atoms with Crippen LogP contribution in [0.2, 0.25) is 0 Å². The van der Waals surface area contributed by atoms with E-state index in [2.05, 4.69) is 42.4 Å². The van der Waals surface area contributed by atoms with Crippen LogP contribution in [0.1, 0.15) is 310 Å². The summed E-state index contributed by atoms with van der Waals surface area (Å²) in [7, 11) is 0. The van der Waals surface area contributed by atoms with E-state index in [0.717, 1.165) is 103 Å². The first-order valence-corrected chi connectivity index (χ1v) is 30.5. The maximum atomic E-state index is 13.4. The normalized spacial score (nSPS) is 15.0. The Bertz CT molecular complexity index is 933. The Morgan fingerprint density at radius 3 is 0.836 bits per heavy atom. The summed E-state index contributed by atoms with van der Waals surface area (Å²) in [5.74, 6) is 0.785. The number of hydrogen-bond acceptors (Lipinski definition) is 5. The number of aliphatic hydroxyl groups excluding tert-OH is 1. The number of unbranched alkanes of at least 4 members (excludes halogenated alkanes) is 36. The number of hydrogen-bond donors (Lipinski definition) is 1. The molecule has 0 spiro atoms. The van der Waals surface area contributed by atoms with Crippen LogP contribution in [-0.4, -0.2) is 96.2 Å². The molecule has 0 saturated carbocycles. The first-order valence-electron chi connectivity index (χ1n) is 30.5. The van der Waals surface area contributed by atoms with Crippen LogP contribution in [0.25, 0.3) is 0 Å². The highest BCUT2D eigenvalue weighted by atomic mass is 16.5. The van der Waals surface area contributed by atoms with Crippen molar-refractivity contribution >= 4 is 11.8 Å². The molecule has 0 bridgehead atoms. The van der Waals surface area contributed by atoms with E-state index in [0.29, 0.717) is 37.9 Å². The fraction of sp³-hybridized carbons (Fsp3) is 0.967. The number of carbonyl (C=O) groups excluding carboxylic acids is 2. The molecule has 2 amide bonds. The SMILES string of the molecule is CCCCCCCCCCN(CCCCCCCCCC)C(=O)CCCCCCCN(CCCCCCCC(=O)N(CCCCCCCCCC)CCCCCCCCCC)[C@@H]1COC[C@H]1O. The van der Waals surface area contributed by atoms with Crippen molar-refractivity contribution in [3.63, 3.8) is 0 Å². The van der Waals surface area contributed by atoms with E-state index in [-0.39, 0.29) is 6.04 Å². The summed E-state index contributed by atoms with van der Waals surface area (Å²) in [5.41, 5.74) is 0. The Hall–Kier alpha value is -1.18. The van der Waals surface area contributed by atoms with Crippen molar-refractivity contribution in [2.24, 2.45) is 0 Å². The van der Waals surface area contributed by atoms with Crippen LogP contribution in [0.3, 0.4) is 0 Å². The summed E-state index contributed by atoms with van der Waals surface area (Å²) >= 11 is 0. The third-order valence-corrected chi connectivity index (χ3v) is 15.0. The van der Waals surface area contributed by atoms with Crippen molar-refractivity contribution in [3.8, 4) is 0 Å². The maximum Gasteiger partial charge on any atom is 0.222 e. The lowest BCUT2D eigenvalue weighted by molar-refractivity contribution is -0.132. The van der Waals surface area contributed by atoms with E-state index in [1.165, 1.54) is 205 Å². The van der Waals surface area contributed by atoms with Crippen LogP contribution in [0.15, 0.2) is 0 Å². The van der Waals surface area contributed by atoms with Crippen molar-refractivity contribution in [1.82, 2.24) is 14.7 Å². The smallest absolute Gasteiger partial charge is 0.222 e. The number of rotatable bonds is 53. The summed E-state index contributed by atoms with van der Waals surface area (Å²) in [5, 5.41) is 10.7. The van der Waals surface area contributed by atoms with E-state index >= 15 is 0 Å². The molecule has 1 rings (SSSR count). The Morgan fingerprint density at radius 2 is 0.582 bits per heavy atom. The minimum atomic E-state index is -0.393. The number of nitrogens with zero attached hydrogens (tertiary/aromatic N) is 3. The Morgan fingerprint density at radius 1 is 0.343 bits per heavy atom. The zero-order chi connectivity index (χ0) is 48.5. The van der Waals surface area contributed by atoms with Gasteiger partial charge in [0.2, 0.25) is 11.8 Å². The lowest BCUT2D eigenvalue weighted by Gasteiger charge is -2.30. The zero-order valence-corrected chi connectivity index (χ0v) is 45.9. The molecule has 0 unspecified atom stereocenters. The van der Waals surface area contributed by atoms with Gasteiger partial charge in [0.15, 0.2) is 0 Å². The number of carbonyl (C=O) groups is 2. The fourth-order valence-corrected chi connectivity index (χ4v) is 10.4. The van der Waals surface area contributed by atoms with Gasteiger partial charge in [-0.25, -0.2) is 0 Å². The molecule has 1 aliphatic rings. The summed E-state index contributed by atoms with van der Waals surface area (Å²) < 4.78 is 5.71. The van der Waals surface area contributed by atoms with Gasteiger partial charge in [-0.15, -0.1) is 0 Å². The molecule has 0 aromatic rings. The molecule has 1 fully saturated rings. The van der Waals surface area contributed by atoms with Crippen LogP contribution < -0.4 is 0 Å². The zero-order valence-electron chi connectivity index (χ0n) is 45.9. The Kier molecular flexibility index (Phi) is 47.4. The van der Waals surface area contributed by atoms with E-state index in [1.54, 1.807) is 0 Å². The van der Waals surface area contributed by atoms with Crippen molar-refractivity contribution in [2.75, 3.05) is 52.5 Å². The quantitative estimate of drug-likeness (QED) is 0.0615. The van der Waals surface area contributed by atoms with Gasteiger partial charge in [0, 0.05) is 39.0 Å². The molecule has 1 N–H and O–H groups in total. The van der Waals surface area contributed by atoms with Gasteiger partial charge in [-0.1, -0.05) is 246 Å². The van der Waals surface area contributed by atoms with Gasteiger partial charge in [-0.3, -0.25) is 14.5 Å². The first-order chi connectivity index (χ1) is 33.0. The first kappa shape index (κ1) is 63.8. The van der Waals surface area contributed by atoms with Gasteiger partial charge in [0.25, 0.3) is 0 Å². The van der Waals surface area contributed by atoms with Crippen LogP contribution in [0.4, 0.5) is 0 Å². The molecule has 398 valence electrons. The molecule has 7 nitrogen and oxygen atoms in total. The average Bonchev–Trinajstić information content (AvgIpc) is 3.77. The van der Waals surface area contributed by atoms with Crippen molar-refractivity contribution in [2.45, 2.75) is 322 Å². The second-order valence-corrected chi connectivity index (χ2v) is 21.4. The van der Waals surface area contributed by atoms with Crippen molar-refractivity contribution in [1.29, 1.82) is 0 Å². The van der Waals surface area contributed by atoms with Crippen LogP contribution in [0, 0.1) is 0 Å². The van der Waals surface area contributed by atoms with E-state index < -0.39 is 6.10 Å². The van der Waals surface area contributed by atoms with Gasteiger partial charge in [-0.05, 0) is 64.5 Å². The average molecular weight is 947 g/mol. The molecule has 0 aromatic carbocycles. The topological polar surface area (TPSA) is 73.3 Å². The van der Waals surface area contributed by atoms with E-state index in [4.69, 9.17) is 4.74 Å². The van der Waals surface area contributed by atoms with Crippen LogP contribution in [0.5, 0.6) is 0 Å². The monoisotopic (exact) mass is 946 g/mol. The van der Waals surface area contributed by atoms with Crippen LogP contribution >= 0.6 is 0 Å². The molecule has 0 aromatic heterocycles. The minimum Gasteiger partial charge on any atom is -0.389 e. The standard InChI is InChI=1S/C60H119N3O4/c1-5-9-13-17-21-25-33-43-51-62(52-44-34-26-22-18-14-10-6-2)59(65)47-39-31-29-37-41-49-61(57-55-67-56-58(57)64)50-42-38-30-32-40-48-60(66)63(53-45-35-27-23-19-15-11-7-3)54-46-36-28-24-20-16-12-8-4/h57-58,64H,5-56H2,1-4H3/t57-,58-/m1/s1. The molecule has 1 aliphatic heterocycles. The molecular formula is C60H119N3O4. The van der Waals surface area contributed by atoms with E-state index in [1.807, 2.05) is 0 Å². The largest absolute Gasteiger partial charge is 0.389 e. The molecule has 0 radical (unpaired) electrons. The van der Waals surface area contributed by atoms with E-state index in [9.17, 15) is 14.7 Å². The summed E-state index contributed by atoms with van der Waals surface area (Å²) in [6.07, 6.45) is 54.2. The lowest BCUT2D eigenvalue weighted by Crippen LogP contribution is -2.44. The molecule has 1 heterocycles. The van der Waals surface area contributed by atoms with Crippen LogP contribution in [-0.2, 0) is 14.3 Å².